The van der Waals surface area contributed by atoms with Crippen LogP contribution in [-0.2, 0) is 19.1 Å². The number of piperidine rings is 1. The molecule has 15 atom stereocenters. The first-order valence-electron chi connectivity index (χ1n) is 25.2. The minimum atomic E-state index is -0.806. The number of hydrogen-bond acceptors (Lipinski definition) is 6. The Labute approximate surface area is 367 Å². The van der Waals surface area contributed by atoms with Crippen LogP contribution in [-0.4, -0.2) is 60.8 Å². The van der Waals surface area contributed by atoms with E-state index < -0.39 is 17.3 Å². The Balaban J connectivity index is 0.909. The van der Waals surface area contributed by atoms with E-state index in [-0.39, 0.29) is 45.1 Å². The summed E-state index contributed by atoms with van der Waals surface area (Å²) < 4.78 is 8.94. The molecule has 1 aromatic heterocycles. The molecule has 1 aromatic rings. The number of ether oxygens (including phenoxy) is 1. The molecule has 9 fully saturated rings. The topological polar surface area (TPSA) is 115 Å². The van der Waals surface area contributed by atoms with Gasteiger partial charge in [0.25, 0.3) is 0 Å². The standard InChI is InChI=1S/C52H80N4O5/c1-29(2)42-54-53-30(3)55(42)33-26-31-12-13-32(27-33)56(31)45(60)52-21-16-34(48(8)22-23-48)41(52)35-14-15-39-49(9)19-18-40(61-44(59)37-28-36(43(57)58)46(37,4)5)47(6,7)38(49)17-20-51(39,11)50(35,10)24-25-52/h29,31-41H,12-28H2,1-11H3,(H,57,58)/t31-,32+,33?,34-,35-,36+,37-,38+,39-,40+,41-,49+,50-,51-,52+/m1/s1. The number of esters is 1. The summed E-state index contributed by atoms with van der Waals surface area (Å²) in [5.74, 6) is 3.93. The van der Waals surface area contributed by atoms with Crippen molar-refractivity contribution in [3.05, 3.63) is 11.6 Å². The Hall–Kier alpha value is -2.45. The lowest BCUT2D eigenvalue weighted by Gasteiger charge is -2.73. The number of aryl methyl sites for hydroxylation is 1. The Morgan fingerprint density at radius 2 is 1.36 bits per heavy atom. The number of carboxylic acids is 1. The molecular formula is C52H80N4O5. The first-order chi connectivity index (χ1) is 28.5. The molecule has 0 radical (unpaired) electrons. The SMILES string of the molecule is Cc1nnc(C(C)C)n1C1C[C@H]2CC[C@@H](C1)N2C(=O)[C@]12CC[C@@H](C3(C)CC3)[C@@H]1[C@H]1CC[C@@H]3[C@@]4(C)CC[C@H](OC(=O)[C@H]5C[C@@H](C(=O)O)C5(C)C)C(C)(C)[C@@H]4CC[C@@]3(C)[C@]1(C)CC2. The number of carbonyl (C=O) groups excluding carboxylic acids is 2. The van der Waals surface area contributed by atoms with Crippen molar-refractivity contribution in [3.8, 4) is 0 Å². The van der Waals surface area contributed by atoms with E-state index in [1.807, 2.05) is 13.8 Å². The smallest absolute Gasteiger partial charge is 0.309 e. The summed E-state index contributed by atoms with van der Waals surface area (Å²) in [5.41, 5.74) is -0.0533. The van der Waals surface area contributed by atoms with Crippen LogP contribution in [0.1, 0.15) is 202 Å². The fraction of sp³-hybridized carbons (Fsp3) is 0.904. The predicted octanol–water partition coefficient (Wildman–Crippen LogP) is 10.9. The van der Waals surface area contributed by atoms with Gasteiger partial charge in [0.1, 0.15) is 17.8 Å². The molecule has 338 valence electrons. The molecule has 9 nitrogen and oxygen atoms in total. The van der Waals surface area contributed by atoms with E-state index in [2.05, 4.69) is 82.0 Å². The Bertz CT molecular complexity index is 1970. The second-order valence-electron chi connectivity index (χ2n) is 25.8. The normalized spacial score (nSPS) is 47.3. The largest absolute Gasteiger partial charge is 0.481 e. The van der Waals surface area contributed by atoms with Crippen LogP contribution in [0.5, 0.6) is 0 Å². The van der Waals surface area contributed by atoms with Gasteiger partial charge in [-0.2, -0.15) is 0 Å². The van der Waals surface area contributed by atoms with Crippen molar-refractivity contribution in [2.45, 2.75) is 215 Å². The van der Waals surface area contributed by atoms with Crippen molar-refractivity contribution < 1.29 is 24.2 Å². The van der Waals surface area contributed by atoms with Gasteiger partial charge in [-0.1, -0.05) is 69.2 Å². The monoisotopic (exact) mass is 841 g/mol. The number of fused-ring (bicyclic) bond motifs is 9. The number of aliphatic carboxylic acids is 1. The minimum Gasteiger partial charge on any atom is -0.481 e. The Morgan fingerprint density at radius 1 is 0.672 bits per heavy atom. The zero-order chi connectivity index (χ0) is 43.6. The highest BCUT2D eigenvalue weighted by atomic mass is 16.5. The van der Waals surface area contributed by atoms with Gasteiger partial charge in [-0.25, -0.2) is 0 Å². The van der Waals surface area contributed by atoms with Crippen molar-refractivity contribution in [1.82, 2.24) is 19.7 Å². The predicted molar refractivity (Wildman–Crippen MR) is 235 cm³/mol. The summed E-state index contributed by atoms with van der Waals surface area (Å²) in [6.07, 6.45) is 18.6. The molecule has 0 aromatic carbocycles. The highest BCUT2D eigenvalue weighted by Crippen LogP contribution is 2.79. The lowest BCUT2D eigenvalue weighted by molar-refractivity contribution is -0.253. The van der Waals surface area contributed by atoms with Gasteiger partial charge in [0.15, 0.2) is 0 Å². The summed E-state index contributed by atoms with van der Waals surface area (Å²) >= 11 is 0. The molecule has 61 heavy (non-hydrogen) atoms. The average molecular weight is 841 g/mol. The molecule has 1 N–H and O–H groups in total. The molecule has 2 bridgehead atoms. The number of rotatable bonds is 7. The lowest BCUT2D eigenvalue weighted by atomic mass is 9.32. The third-order valence-electron chi connectivity index (χ3n) is 22.6. The van der Waals surface area contributed by atoms with E-state index in [9.17, 15) is 14.7 Å². The van der Waals surface area contributed by atoms with Crippen LogP contribution in [0.15, 0.2) is 0 Å². The van der Waals surface area contributed by atoms with Gasteiger partial charge < -0.3 is 19.3 Å². The van der Waals surface area contributed by atoms with E-state index >= 15 is 4.79 Å². The fourth-order valence-corrected chi connectivity index (χ4v) is 18.6. The molecule has 3 heterocycles. The second-order valence-corrected chi connectivity index (χ2v) is 25.8. The summed E-state index contributed by atoms with van der Waals surface area (Å²) in [7, 11) is 0. The zero-order valence-electron chi connectivity index (χ0n) is 39.8. The van der Waals surface area contributed by atoms with Crippen molar-refractivity contribution in [2.75, 3.05) is 0 Å². The molecule has 1 amide bonds. The minimum absolute atomic E-state index is 0.146. The summed E-state index contributed by atoms with van der Waals surface area (Å²) in [5, 5.41) is 18.9. The van der Waals surface area contributed by atoms with E-state index in [1.165, 1.54) is 44.9 Å². The Morgan fingerprint density at radius 3 is 1.98 bits per heavy atom. The van der Waals surface area contributed by atoms with Crippen LogP contribution in [0.3, 0.4) is 0 Å². The van der Waals surface area contributed by atoms with Crippen LogP contribution in [0.25, 0.3) is 0 Å². The first kappa shape index (κ1) is 42.5. The molecule has 2 saturated heterocycles. The van der Waals surface area contributed by atoms with Gasteiger partial charge in [-0.05, 0) is 173 Å². The summed E-state index contributed by atoms with van der Waals surface area (Å²) in [6, 6.07) is 1.01. The highest BCUT2D eigenvalue weighted by Gasteiger charge is 2.74. The first-order valence-corrected chi connectivity index (χ1v) is 25.2. The van der Waals surface area contributed by atoms with E-state index in [4.69, 9.17) is 4.74 Å². The number of aromatic nitrogens is 3. The second kappa shape index (κ2) is 13.5. The molecule has 9 aliphatic rings. The maximum absolute atomic E-state index is 15.9. The zero-order valence-corrected chi connectivity index (χ0v) is 39.8. The van der Waals surface area contributed by atoms with Crippen LogP contribution in [0, 0.1) is 86.3 Å². The van der Waals surface area contributed by atoms with Crippen LogP contribution < -0.4 is 0 Å². The lowest BCUT2D eigenvalue weighted by Crippen LogP contribution is -2.68. The highest BCUT2D eigenvalue weighted by molar-refractivity contribution is 5.85. The molecule has 0 spiro atoms. The number of amides is 1. The molecular weight excluding hydrogens is 761 g/mol. The van der Waals surface area contributed by atoms with Crippen molar-refractivity contribution in [1.29, 1.82) is 0 Å². The van der Waals surface area contributed by atoms with Gasteiger partial charge in [-0.3, -0.25) is 14.4 Å². The molecule has 10 rings (SSSR count). The molecule has 2 aliphatic heterocycles. The molecule has 9 heteroatoms. The number of nitrogens with zero attached hydrogens (tertiary/aromatic N) is 4. The van der Waals surface area contributed by atoms with Crippen LogP contribution in [0.4, 0.5) is 0 Å². The summed E-state index contributed by atoms with van der Waals surface area (Å²) in [4.78, 5) is 44.0. The van der Waals surface area contributed by atoms with Gasteiger partial charge in [0.05, 0.1) is 17.3 Å². The number of carbonyl (C=O) groups is 3. The van der Waals surface area contributed by atoms with Gasteiger partial charge in [0.2, 0.25) is 5.91 Å². The van der Waals surface area contributed by atoms with Gasteiger partial charge in [0, 0.05) is 29.5 Å². The molecule has 1 unspecified atom stereocenters. The number of hydrogen-bond donors (Lipinski definition) is 1. The summed E-state index contributed by atoms with van der Waals surface area (Å²) in [6.45, 7) is 25.8. The Kier molecular flexibility index (Phi) is 9.44. The molecule has 7 saturated carbocycles. The van der Waals surface area contributed by atoms with Crippen LogP contribution >= 0.6 is 0 Å². The van der Waals surface area contributed by atoms with Gasteiger partial charge in [-0.15, -0.1) is 10.2 Å². The molecule has 7 aliphatic carbocycles. The van der Waals surface area contributed by atoms with Crippen molar-refractivity contribution in [2.24, 2.45) is 79.3 Å². The maximum atomic E-state index is 15.9. The van der Waals surface area contributed by atoms with Gasteiger partial charge >= 0.3 is 11.9 Å². The maximum Gasteiger partial charge on any atom is 0.309 e. The third kappa shape index (κ3) is 5.63. The van der Waals surface area contributed by atoms with E-state index in [0.29, 0.717) is 71.4 Å². The quantitative estimate of drug-likeness (QED) is 0.272. The average Bonchev–Trinajstić information content (AvgIpc) is 3.47. The van der Waals surface area contributed by atoms with E-state index in [0.717, 1.165) is 69.4 Å². The number of carboxylic acid groups (broad SMARTS) is 1. The third-order valence-corrected chi connectivity index (χ3v) is 22.6. The fourth-order valence-electron chi connectivity index (χ4n) is 18.6. The van der Waals surface area contributed by atoms with E-state index in [1.54, 1.807) is 0 Å². The van der Waals surface area contributed by atoms with Crippen LogP contribution in [0.2, 0.25) is 0 Å². The van der Waals surface area contributed by atoms with Crippen molar-refractivity contribution in [3.63, 3.8) is 0 Å². The van der Waals surface area contributed by atoms with Crippen molar-refractivity contribution >= 4 is 17.8 Å².